The minimum absolute atomic E-state index is 0.913. The molecule has 1 nitrogen and oxygen atoms in total. The lowest BCUT2D eigenvalue weighted by atomic mass is 9.89. The van der Waals surface area contributed by atoms with Crippen LogP contribution < -0.4 is 0 Å². The zero-order chi connectivity index (χ0) is 29.2. The van der Waals surface area contributed by atoms with E-state index < -0.39 is 0 Å². The fourth-order valence-electron chi connectivity index (χ4n) is 8.09. The van der Waals surface area contributed by atoms with Gasteiger partial charge in [0.05, 0.1) is 0 Å². The van der Waals surface area contributed by atoms with Gasteiger partial charge in [0.15, 0.2) is 0 Å². The summed E-state index contributed by atoms with van der Waals surface area (Å²) in [6.45, 7) is 0. The Morgan fingerprint density at radius 3 is 1.58 bits per heavy atom. The predicted octanol–water partition coefficient (Wildman–Crippen LogP) is 12.7. The van der Waals surface area contributed by atoms with E-state index in [1.807, 2.05) is 0 Å². The Morgan fingerprint density at radius 2 is 0.867 bits per heavy atom. The van der Waals surface area contributed by atoms with Gasteiger partial charge in [-0.15, -0.1) is 0 Å². The minimum Gasteiger partial charge on any atom is -0.455 e. The third kappa shape index (κ3) is 3.12. The lowest BCUT2D eigenvalue weighted by molar-refractivity contribution is 0.670. The molecule has 0 aliphatic carbocycles. The number of benzene rings is 10. The number of para-hydroxylation sites is 1. The highest BCUT2D eigenvalue weighted by Crippen LogP contribution is 2.43. The largest absolute Gasteiger partial charge is 0.455 e. The highest BCUT2D eigenvalue weighted by molar-refractivity contribution is 6.26. The Balaban J connectivity index is 1.12. The molecule has 0 bridgehead atoms. The fourth-order valence-corrected chi connectivity index (χ4v) is 8.09. The third-order valence-electron chi connectivity index (χ3n) is 10.1. The van der Waals surface area contributed by atoms with Crippen molar-refractivity contribution in [2.45, 2.75) is 0 Å². The van der Waals surface area contributed by atoms with E-state index >= 15 is 0 Å². The van der Waals surface area contributed by atoms with Gasteiger partial charge in [-0.3, -0.25) is 0 Å². The van der Waals surface area contributed by atoms with E-state index in [2.05, 4.69) is 146 Å². The van der Waals surface area contributed by atoms with Crippen molar-refractivity contribution in [2.75, 3.05) is 0 Å². The molecule has 0 aliphatic heterocycles. The number of rotatable bonds is 2. The summed E-state index contributed by atoms with van der Waals surface area (Å²) in [6, 6.07) is 53.6. The maximum atomic E-state index is 6.66. The molecular weight excluding hydrogens is 544 g/mol. The molecule has 0 saturated heterocycles. The van der Waals surface area contributed by atoms with Crippen molar-refractivity contribution >= 4 is 86.6 Å². The number of furan rings is 1. The SMILES string of the molecule is c1cc2ccc3cc(-c4cccc5c4oc4ccc(-c6ccc7ccc8cccc9ccc6c7c89)cc45)cc4ccc(c1)c2c34. The summed E-state index contributed by atoms with van der Waals surface area (Å²) in [5.74, 6) is 0. The van der Waals surface area contributed by atoms with Gasteiger partial charge in [-0.1, -0.05) is 121 Å². The Morgan fingerprint density at radius 1 is 0.311 bits per heavy atom. The molecule has 10 aromatic carbocycles. The normalized spacial score (nSPS) is 12.4. The van der Waals surface area contributed by atoms with Crippen molar-refractivity contribution in [3.8, 4) is 22.3 Å². The molecule has 0 N–H and O–H groups in total. The second-order valence-corrected chi connectivity index (χ2v) is 12.5. The second-order valence-electron chi connectivity index (χ2n) is 12.5. The van der Waals surface area contributed by atoms with Crippen LogP contribution in [0.25, 0.3) is 109 Å². The van der Waals surface area contributed by atoms with Crippen LogP contribution >= 0.6 is 0 Å². The molecule has 11 rings (SSSR count). The Bertz CT molecular complexity index is 2900. The van der Waals surface area contributed by atoms with E-state index in [1.165, 1.54) is 81.3 Å². The Hall–Kier alpha value is -5.92. The highest BCUT2D eigenvalue weighted by Gasteiger charge is 2.17. The van der Waals surface area contributed by atoms with E-state index in [1.54, 1.807) is 0 Å². The monoisotopic (exact) mass is 568 g/mol. The van der Waals surface area contributed by atoms with Gasteiger partial charge in [0, 0.05) is 16.3 Å². The van der Waals surface area contributed by atoms with E-state index in [0.717, 1.165) is 27.5 Å². The van der Waals surface area contributed by atoms with Crippen molar-refractivity contribution in [1.82, 2.24) is 0 Å². The molecule has 1 heterocycles. The fraction of sp³-hybridized carbons (Fsp3) is 0. The number of fused-ring (bicyclic) bond motifs is 3. The van der Waals surface area contributed by atoms with Gasteiger partial charge < -0.3 is 4.42 Å². The van der Waals surface area contributed by atoms with Gasteiger partial charge in [0.25, 0.3) is 0 Å². The summed E-state index contributed by atoms with van der Waals surface area (Å²) >= 11 is 0. The van der Waals surface area contributed by atoms with Crippen molar-refractivity contribution < 1.29 is 4.42 Å². The summed E-state index contributed by atoms with van der Waals surface area (Å²) < 4.78 is 6.66. The van der Waals surface area contributed by atoms with Crippen LogP contribution in [0, 0.1) is 0 Å². The zero-order valence-electron chi connectivity index (χ0n) is 24.3. The average Bonchev–Trinajstić information content (AvgIpc) is 3.47. The van der Waals surface area contributed by atoms with Crippen LogP contribution in [0.3, 0.4) is 0 Å². The van der Waals surface area contributed by atoms with Crippen molar-refractivity contribution in [3.63, 3.8) is 0 Å². The lowest BCUT2D eigenvalue weighted by Crippen LogP contribution is -1.87. The standard InChI is InChI=1S/C44H24O/c1-4-25-12-14-31-22-33(23-32-15-13-26(5-1)40(25)42(31)32)35-8-3-9-37-38-24-30(18-21-39(38)45-44(35)37)34-19-16-29-11-10-27-6-2-7-28-17-20-36(34)43(29)41(27)28/h1-24H. The van der Waals surface area contributed by atoms with Gasteiger partial charge >= 0.3 is 0 Å². The van der Waals surface area contributed by atoms with Gasteiger partial charge in [-0.25, -0.2) is 0 Å². The first-order chi connectivity index (χ1) is 22.3. The maximum Gasteiger partial charge on any atom is 0.143 e. The molecule has 0 fully saturated rings. The van der Waals surface area contributed by atoms with E-state index in [0.29, 0.717) is 0 Å². The number of hydrogen-bond acceptors (Lipinski definition) is 1. The molecule has 0 atom stereocenters. The summed E-state index contributed by atoms with van der Waals surface area (Å²) in [6.07, 6.45) is 0. The molecule has 0 saturated carbocycles. The van der Waals surface area contributed by atoms with Crippen LogP contribution in [-0.2, 0) is 0 Å². The van der Waals surface area contributed by atoms with E-state index in [-0.39, 0.29) is 0 Å². The molecule has 0 radical (unpaired) electrons. The van der Waals surface area contributed by atoms with Crippen LogP contribution in [0.4, 0.5) is 0 Å². The first kappa shape index (κ1) is 23.5. The van der Waals surface area contributed by atoms with Gasteiger partial charge in [0.2, 0.25) is 0 Å². The van der Waals surface area contributed by atoms with E-state index in [9.17, 15) is 0 Å². The Labute approximate surface area is 258 Å². The highest BCUT2D eigenvalue weighted by atomic mass is 16.3. The maximum absolute atomic E-state index is 6.66. The quantitative estimate of drug-likeness (QED) is 0.189. The molecule has 1 heteroatoms. The lowest BCUT2D eigenvalue weighted by Gasteiger charge is -2.14. The zero-order valence-corrected chi connectivity index (χ0v) is 24.3. The van der Waals surface area contributed by atoms with Gasteiger partial charge in [0.1, 0.15) is 11.2 Å². The van der Waals surface area contributed by atoms with Crippen molar-refractivity contribution in [3.05, 3.63) is 146 Å². The smallest absolute Gasteiger partial charge is 0.143 e. The van der Waals surface area contributed by atoms with Crippen molar-refractivity contribution in [1.29, 1.82) is 0 Å². The molecule has 45 heavy (non-hydrogen) atoms. The van der Waals surface area contributed by atoms with Gasteiger partial charge in [-0.2, -0.15) is 0 Å². The molecule has 0 aliphatic rings. The molecule has 11 aromatic rings. The third-order valence-corrected chi connectivity index (χ3v) is 10.1. The summed E-state index contributed by atoms with van der Waals surface area (Å²) in [7, 11) is 0. The summed E-state index contributed by atoms with van der Waals surface area (Å²) in [5.41, 5.74) is 6.61. The molecule has 0 unspecified atom stereocenters. The van der Waals surface area contributed by atoms with Crippen LogP contribution in [-0.4, -0.2) is 0 Å². The molecular formula is C44H24O. The second kappa shape index (κ2) is 8.37. The first-order valence-electron chi connectivity index (χ1n) is 15.6. The van der Waals surface area contributed by atoms with Crippen LogP contribution in [0.2, 0.25) is 0 Å². The predicted molar refractivity (Wildman–Crippen MR) is 192 cm³/mol. The molecule has 0 spiro atoms. The van der Waals surface area contributed by atoms with Crippen LogP contribution in [0.1, 0.15) is 0 Å². The molecule has 0 amide bonds. The van der Waals surface area contributed by atoms with Crippen molar-refractivity contribution in [2.24, 2.45) is 0 Å². The molecule has 1 aromatic heterocycles. The Kier molecular flexibility index (Phi) is 4.38. The summed E-state index contributed by atoms with van der Waals surface area (Å²) in [4.78, 5) is 0. The van der Waals surface area contributed by atoms with E-state index in [4.69, 9.17) is 4.42 Å². The van der Waals surface area contributed by atoms with Crippen LogP contribution in [0.15, 0.2) is 150 Å². The topological polar surface area (TPSA) is 13.1 Å². The first-order valence-corrected chi connectivity index (χ1v) is 15.6. The van der Waals surface area contributed by atoms with Crippen LogP contribution in [0.5, 0.6) is 0 Å². The van der Waals surface area contributed by atoms with Gasteiger partial charge in [-0.05, 0) is 106 Å². The minimum atomic E-state index is 0.913. The summed E-state index contributed by atoms with van der Waals surface area (Å²) in [5, 5.41) is 17.9. The average molecular weight is 569 g/mol. The number of hydrogen-bond donors (Lipinski definition) is 0. The molecule has 206 valence electrons.